The predicted molar refractivity (Wildman–Crippen MR) is 74.5 cm³/mol. The second-order valence-electron chi connectivity index (χ2n) is 4.41. The Morgan fingerprint density at radius 2 is 2.19 bits per heavy atom. The van der Waals surface area contributed by atoms with Gasteiger partial charge in [0.15, 0.2) is 5.76 Å². The quantitative estimate of drug-likeness (QED) is 0.667. The summed E-state index contributed by atoms with van der Waals surface area (Å²) in [6, 6.07) is 6.64. The molecule has 4 N–H and O–H groups in total. The smallest absolute Gasteiger partial charge is 0.284 e. The summed E-state index contributed by atoms with van der Waals surface area (Å²) in [4.78, 5) is 30.1. The van der Waals surface area contributed by atoms with Gasteiger partial charge < -0.3 is 20.5 Å². The molecule has 0 saturated heterocycles. The molecule has 0 atom stereocenters. The van der Waals surface area contributed by atoms with Crippen LogP contribution in [0.3, 0.4) is 0 Å². The summed E-state index contributed by atoms with van der Waals surface area (Å²) >= 11 is 0. The van der Waals surface area contributed by atoms with E-state index in [1.54, 1.807) is 24.5 Å². The molecule has 3 aromatic heterocycles. The molecule has 7 heteroatoms. The number of furan rings is 1. The second-order valence-corrected chi connectivity index (χ2v) is 4.41. The van der Waals surface area contributed by atoms with E-state index in [4.69, 9.17) is 10.2 Å². The van der Waals surface area contributed by atoms with Gasteiger partial charge in [0.05, 0.1) is 12.1 Å². The molecule has 3 aromatic rings. The SMILES string of the molecule is NC(=O)c1ccc(CNC(=O)c2c[nH]c3ncccc23)o1. The van der Waals surface area contributed by atoms with Gasteiger partial charge in [0.25, 0.3) is 11.8 Å². The van der Waals surface area contributed by atoms with Crippen molar-refractivity contribution in [3.05, 3.63) is 53.7 Å². The molecular weight excluding hydrogens is 272 g/mol. The molecule has 0 aliphatic rings. The lowest BCUT2D eigenvalue weighted by Gasteiger charge is -2.01. The molecule has 0 unspecified atom stereocenters. The third-order valence-corrected chi connectivity index (χ3v) is 3.02. The summed E-state index contributed by atoms with van der Waals surface area (Å²) in [5, 5.41) is 3.46. The zero-order valence-electron chi connectivity index (χ0n) is 10.9. The Bertz CT molecular complexity index is 818. The average Bonchev–Trinajstić information content (AvgIpc) is 3.11. The first-order chi connectivity index (χ1) is 10.1. The zero-order valence-corrected chi connectivity index (χ0v) is 10.9. The highest BCUT2D eigenvalue weighted by atomic mass is 16.4. The normalized spacial score (nSPS) is 10.7. The molecule has 0 aliphatic carbocycles. The fourth-order valence-electron chi connectivity index (χ4n) is 2.01. The number of rotatable bonds is 4. The van der Waals surface area contributed by atoms with Gasteiger partial charge in [0, 0.05) is 17.8 Å². The zero-order chi connectivity index (χ0) is 14.8. The van der Waals surface area contributed by atoms with Crippen molar-refractivity contribution in [3.63, 3.8) is 0 Å². The number of nitrogens with zero attached hydrogens (tertiary/aromatic N) is 1. The van der Waals surface area contributed by atoms with Crippen LogP contribution in [0.5, 0.6) is 0 Å². The van der Waals surface area contributed by atoms with E-state index in [-0.39, 0.29) is 18.2 Å². The summed E-state index contributed by atoms with van der Waals surface area (Å²) in [6.45, 7) is 0.166. The Labute approximate surface area is 119 Å². The molecule has 0 aromatic carbocycles. The van der Waals surface area contributed by atoms with Crippen molar-refractivity contribution in [1.29, 1.82) is 0 Å². The number of fused-ring (bicyclic) bond motifs is 1. The summed E-state index contributed by atoms with van der Waals surface area (Å²) < 4.78 is 5.19. The topological polar surface area (TPSA) is 114 Å². The van der Waals surface area contributed by atoms with Crippen LogP contribution < -0.4 is 11.1 Å². The van der Waals surface area contributed by atoms with Crippen molar-refractivity contribution < 1.29 is 14.0 Å². The largest absolute Gasteiger partial charge is 0.454 e. The number of hydrogen-bond donors (Lipinski definition) is 3. The Hall–Kier alpha value is -3.09. The van der Waals surface area contributed by atoms with Crippen LogP contribution in [0.1, 0.15) is 26.7 Å². The van der Waals surface area contributed by atoms with Gasteiger partial charge in [-0.2, -0.15) is 0 Å². The highest BCUT2D eigenvalue weighted by molar-refractivity contribution is 6.05. The van der Waals surface area contributed by atoms with E-state index in [2.05, 4.69) is 15.3 Å². The first-order valence-electron chi connectivity index (χ1n) is 6.24. The third kappa shape index (κ3) is 2.48. The summed E-state index contributed by atoms with van der Waals surface area (Å²) in [5.41, 5.74) is 6.24. The monoisotopic (exact) mass is 284 g/mol. The number of aromatic amines is 1. The number of hydrogen-bond acceptors (Lipinski definition) is 4. The van der Waals surface area contributed by atoms with Crippen LogP contribution in [0.4, 0.5) is 0 Å². The molecule has 3 heterocycles. The fraction of sp³-hybridized carbons (Fsp3) is 0.0714. The minimum atomic E-state index is -0.643. The minimum Gasteiger partial charge on any atom is -0.454 e. The van der Waals surface area contributed by atoms with Gasteiger partial charge in [0.2, 0.25) is 0 Å². The highest BCUT2D eigenvalue weighted by Crippen LogP contribution is 2.15. The van der Waals surface area contributed by atoms with E-state index in [1.807, 2.05) is 6.07 Å². The van der Waals surface area contributed by atoms with Crippen LogP contribution in [0, 0.1) is 0 Å². The molecule has 0 spiro atoms. The van der Waals surface area contributed by atoms with Gasteiger partial charge in [-0.15, -0.1) is 0 Å². The van der Waals surface area contributed by atoms with Crippen molar-refractivity contribution in [2.75, 3.05) is 0 Å². The number of aromatic nitrogens is 2. The van der Waals surface area contributed by atoms with Crippen molar-refractivity contribution in [2.24, 2.45) is 5.73 Å². The molecule has 0 radical (unpaired) electrons. The fourth-order valence-corrected chi connectivity index (χ4v) is 2.01. The van der Waals surface area contributed by atoms with Gasteiger partial charge in [-0.25, -0.2) is 4.98 Å². The number of pyridine rings is 1. The van der Waals surface area contributed by atoms with Crippen molar-refractivity contribution in [1.82, 2.24) is 15.3 Å². The van der Waals surface area contributed by atoms with E-state index in [1.165, 1.54) is 6.07 Å². The number of carbonyl (C=O) groups is 2. The van der Waals surface area contributed by atoms with Crippen LogP contribution in [0.2, 0.25) is 0 Å². The Balaban J connectivity index is 1.72. The van der Waals surface area contributed by atoms with E-state index < -0.39 is 5.91 Å². The number of nitrogens with two attached hydrogens (primary N) is 1. The van der Waals surface area contributed by atoms with Crippen LogP contribution in [0.15, 0.2) is 41.1 Å². The van der Waals surface area contributed by atoms with Crippen molar-refractivity contribution >= 4 is 22.8 Å². The maximum atomic E-state index is 12.1. The maximum absolute atomic E-state index is 12.1. The van der Waals surface area contributed by atoms with Crippen molar-refractivity contribution in [2.45, 2.75) is 6.54 Å². The van der Waals surface area contributed by atoms with Crippen LogP contribution in [-0.4, -0.2) is 21.8 Å². The lowest BCUT2D eigenvalue weighted by Crippen LogP contribution is -2.22. The predicted octanol–water partition coefficient (Wildman–Crippen LogP) is 1.18. The Morgan fingerprint density at radius 3 is 2.95 bits per heavy atom. The lowest BCUT2D eigenvalue weighted by molar-refractivity contribution is 0.0949. The highest BCUT2D eigenvalue weighted by Gasteiger charge is 2.13. The number of primary amides is 1. The number of carbonyl (C=O) groups excluding carboxylic acids is 2. The molecule has 3 rings (SSSR count). The first kappa shape index (κ1) is 12.9. The van der Waals surface area contributed by atoms with Gasteiger partial charge in [-0.3, -0.25) is 9.59 Å². The lowest BCUT2D eigenvalue weighted by atomic mass is 10.2. The molecule has 106 valence electrons. The summed E-state index contributed by atoms with van der Waals surface area (Å²) in [7, 11) is 0. The van der Waals surface area contributed by atoms with Crippen LogP contribution in [-0.2, 0) is 6.54 Å². The number of nitrogens with one attached hydrogen (secondary N) is 2. The van der Waals surface area contributed by atoms with Gasteiger partial charge in [-0.05, 0) is 24.3 Å². The van der Waals surface area contributed by atoms with E-state index in [0.717, 1.165) is 5.39 Å². The molecule has 21 heavy (non-hydrogen) atoms. The Kier molecular flexibility index (Phi) is 3.15. The number of amides is 2. The summed E-state index contributed by atoms with van der Waals surface area (Å²) in [6.07, 6.45) is 3.25. The van der Waals surface area contributed by atoms with E-state index in [0.29, 0.717) is 17.0 Å². The third-order valence-electron chi connectivity index (χ3n) is 3.02. The second kappa shape index (κ2) is 5.12. The van der Waals surface area contributed by atoms with E-state index >= 15 is 0 Å². The molecule has 0 bridgehead atoms. The van der Waals surface area contributed by atoms with E-state index in [9.17, 15) is 9.59 Å². The van der Waals surface area contributed by atoms with Gasteiger partial charge in [0.1, 0.15) is 11.4 Å². The van der Waals surface area contributed by atoms with Crippen LogP contribution in [0.25, 0.3) is 11.0 Å². The molecule has 2 amide bonds. The molecule has 0 saturated carbocycles. The maximum Gasteiger partial charge on any atom is 0.284 e. The minimum absolute atomic E-state index is 0.0653. The Morgan fingerprint density at radius 1 is 1.33 bits per heavy atom. The summed E-state index contributed by atoms with van der Waals surface area (Å²) in [5.74, 6) is -0.382. The van der Waals surface area contributed by atoms with Gasteiger partial charge in [-0.1, -0.05) is 0 Å². The molecule has 0 aliphatic heterocycles. The molecule has 0 fully saturated rings. The van der Waals surface area contributed by atoms with Gasteiger partial charge >= 0.3 is 0 Å². The number of H-pyrrole nitrogens is 1. The van der Waals surface area contributed by atoms with Crippen LogP contribution >= 0.6 is 0 Å². The standard InChI is InChI=1S/C14H12N4O3/c15-12(19)11-4-3-8(21-11)6-18-14(20)10-7-17-13-9(10)2-1-5-16-13/h1-5,7H,6H2,(H2,15,19)(H,16,17)(H,18,20). The molecular formula is C14H12N4O3. The van der Waals surface area contributed by atoms with Crippen molar-refractivity contribution in [3.8, 4) is 0 Å². The first-order valence-corrected chi connectivity index (χ1v) is 6.24. The molecule has 7 nitrogen and oxygen atoms in total. The average molecular weight is 284 g/mol.